The number of nitrogens with zero attached hydrogens (tertiary/aromatic N) is 2. The zero-order valence-electron chi connectivity index (χ0n) is 19.8. The number of thioether (sulfide) groups is 1. The van der Waals surface area contributed by atoms with Gasteiger partial charge in [0.1, 0.15) is 18.0 Å². The SMILES string of the molecule is CC1CC=C(c2cccc(C3=CSCC(NC(=O)CNC(=O)OC(C)(C)C)=N3)c2)C=NC1C. The number of carbonyl (C=O) groups is 2. The Morgan fingerprint density at radius 1 is 1.21 bits per heavy atom. The van der Waals surface area contributed by atoms with E-state index in [2.05, 4.69) is 52.7 Å². The summed E-state index contributed by atoms with van der Waals surface area (Å²) in [5.41, 5.74) is 3.35. The van der Waals surface area contributed by atoms with Crippen molar-refractivity contribution >= 4 is 47.1 Å². The minimum absolute atomic E-state index is 0.183. The van der Waals surface area contributed by atoms with Crippen LogP contribution < -0.4 is 10.6 Å². The molecular formula is C25H32N4O3S. The molecule has 2 N–H and O–H groups in total. The Kier molecular flexibility index (Phi) is 8.13. The van der Waals surface area contributed by atoms with Crippen molar-refractivity contribution in [3.63, 3.8) is 0 Å². The number of ether oxygens (including phenoxy) is 1. The van der Waals surface area contributed by atoms with Gasteiger partial charge in [-0.05, 0) is 62.6 Å². The highest BCUT2D eigenvalue weighted by Crippen LogP contribution is 2.28. The van der Waals surface area contributed by atoms with Crippen LogP contribution >= 0.6 is 11.8 Å². The van der Waals surface area contributed by atoms with Crippen molar-refractivity contribution in [2.75, 3.05) is 12.3 Å². The smallest absolute Gasteiger partial charge is 0.408 e. The van der Waals surface area contributed by atoms with Gasteiger partial charge in [0.05, 0.1) is 11.4 Å². The molecule has 33 heavy (non-hydrogen) atoms. The topological polar surface area (TPSA) is 92.2 Å². The first-order chi connectivity index (χ1) is 15.6. The van der Waals surface area contributed by atoms with Gasteiger partial charge in [0.25, 0.3) is 0 Å². The molecule has 2 aliphatic rings. The Bertz CT molecular complexity index is 1020. The number of amides is 2. The molecular weight excluding hydrogens is 436 g/mol. The number of rotatable bonds is 4. The van der Waals surface area contributed by atoms with Crippen molar-refractivity contribution in [2.45, 2.75) is 52.7 Å². The van der Waals surface area contributed by atoms with Gasteiger partial charge in [0.2, 0.25) is 5.91 Å². The van der Waals surface area contributed by atoms with E-state index in [-0.39, 0.29) is 12.5 Å². The number of alkyl carbamates (subject to hydrolysis) is 1. The molecule has 0 spiro atoms. The summed E-state index contributed by atoms with van der Waals surface area (Å²) in [5.74, 6) is 1.27. The lowest BCUT2D eigenvalue weighted by Gasteiger charge is -2.19. The summed E-state index contributed by atoms with van der Waals surface area (Å²) in [6.45, 7) is 9.48. The lowest BCUT2D eigenvalue weighted by atomic mass is 9.98. The molecule has 2 aliphatic heterocycles. The summed E-state index contributed by atoms with van der Waals surface area (Å²) in [6, 6.07) is 8.50. The van der Waals surface area contributed by atoms with E-state index < -0.39 is 11.7 Å². The monoisotopic (exact) mass is 468 g/mol. The van der Waals surface area contributed by atoms with Crippen LogP contribution in [0, 0.1) is 5.92 Å². The highest BCUT2D eigenvalue weighted by atomic mass is 32.2. The fourth-order valence-electron chi connectivity index (χ4n) is 3.23. The molecule has 2 atom stereocenters. The van der Waals surface area contributed by atoms with Gasteiger partial charge in [-0.15, -0.1) is 11.8 Å². The number of aliphatic imine (C=N–C) groups is 2. The average molecular weight is 469 g/mol. The molecule has 0 aromatic heterocycles. The van der Waals surface area contributed by atoms with Gasteiger partial charge in [-0.25, -0.2) is 9.79 Å². The second kappa shape index (κ2) is 10.8. The van der Waals surface area contributed by atoms with E-state index in [0.717, 1.165) is 28.8 Å². The molecule has 3 rings (SSSR count). The number of hydrogen-bond donors (Lipinski definition) is 2. The minimum Gasteiger partial charge on any atom is -0.444 e. The number of amidine groups is 1. The van der Waals surface area contributed by atoms with Gasteiger partial charge in [-0.3, -0.25) is 9.79 Å². The molecule has 8 heteroatoms. The summed E-state index contributed by atoms with van der Waals surface area (Å²) in [7, 11) is 0. The zero-order chi connectivity index (χ0) is 24.0. The quantitative estimate of drug-likeness (QED) is 0.673. The molecule has 2 heterocycles. The van der Waals surface area contributed by atoms with Crippen molar-refractivity contribution in [2.24, 2.45) is 15.9 Å². The lowest BCUT2D eigenvalue weighted by molar-refractivity contribution is -0.118. The standard InChI is InChI=1S/C25H32N4O3S/c1-16-9-10-20(12-26-17(16)2)18-7-6-8-19(11-18)21-14-33-15-22(28-21)29-23(30)13-27-24(31)32-25(3,4)5/h6-8,10-12,14,16-17H,9,13,15H2,1-5H3,(H,27,31)(H,28,29,30). The molecule has 2 unspecified atom stereocenters. The van der Waals surface area contributed by atoms with E-state index in [1.54, 1.807) is 32.5 Å². The molecule has 0 radical (unpaired) electrons. The molecule has 0 bridgehead atoms. The summed E-state index contributed by atoms with van der Waals surface area (Å²) < 4.78 is 5.15. The first kappa shape index (κ1) is 24.8. The third-order valence-electron chi connectivity index (χ3n) is 5.22. The van der Waals surface area contributed by atoms with Crippen molar-refractivity contribution in [3.05, 3.63) is 46.9 Å². The fourth-order valence-corrected chi connectivity index (χ4v) is 3.95. The molecule has 7 nitrogen and oxygen atoms in total. The number of benzene rings is 1. The highest BCUT2D eigenvalue weighted by molar-refractivity contribution is 8.03. The average Bonchev–Trinajstić information content (AvgIpc) is 2.93. The second-order valence-corrected chi connectivity index (χ2v) is 10.1. The lowest BCUT2D eigenvalue weighted by Crippen LogP contribution is -2.42. The maximum atomic E-state index is 12.3. The maximum Gasteiger partial charge on any atom is 0.408 e. The number of carbonyl (C=O) groups excluding carboxylic acids is 2. The van der Waals surface area contributed by atoms with Crippen molar-refractivity contribution in [1.29, 1.82) is 0 Å². The van der Waals surface area contributed by atoms with Gasteiger partial charge in [0, 0.05) is 17.8 Å². The van der Waals surface area contributed by atoms with Crippen molar-refractivity contribution in [1.82, 2.24) is 10.6 Å². The van der Waals surface area contributed by atoms with Crippen LogP contribution in [0.5, 0.6) is 0 Å². The molecule has 1 aromatic rings. The van der Waals surface area contributed by atoms with E-state index in [1.165, 1.54) is 0 Å². The Balaban J connectivity index is 1.65. The van der Waals surface area contributed by atoms with Crippen molar-refractivity contribution in [3.8, 4) is 0 Å². The third kappa shape index (κ3) is 7.60. The molecule has 0 saturated heterocycles. The predicted molar refractivity (Wildman–Crippen MR) is 136 cm³/mol. The Morgan fingerprint density at radius 2 is 1.97 bits per heavy atom. The van der Waals surface area contributed by atoms with Crippen LogP contribution in [0.3, 0.4) is 0 Å². The second-order valence-electron chi connectivity index (χ2n) is 9.25. The molecule has 0 aliphatic carbocycles. The molecule has 0 fully saturated rings. The molecule has 1 aromatic carbocycles. The first-order valence-corrected chi connectivity index (χ1v) is 12.2. The van der Waals surface area contributed by atoms with Crippen LogP contribution in [-0.4, -0.2) is 48.0 Å². The predicted octanol–water partition coefficient (Wildman–Crippen LogP) is 4.65. The van der Waals surface area contributed by atoms with Crippen LogP contribution in [0.25, 0.3) is 11.3 Å². The van der Waals surface area contributed by atoms with E-state index in [4.69, 9.17) is 4.74 Å². The third-order valence-corrected chi connectivity index (χ3v) is 6.05. The normalized spacial score (nSPS) is 20.7. The van der Waals surface area contributed by atoms with Gasteiger partial charge < -0.3 is 15.4 Å². The van der Waals surface area contributed by atoms with E-state index >= 15 is 0 Å². The molecule has 0 saturated carbocycles. The number of nitrogens with one attached hydrogen (secondary N) is 2. The van der Waals surface area contributed by atoms with E-state index in [9.17, 15) is 9.59 Å². The Morgan fingerprint density at radius 3 is 2.73 bits per heavy atom. The van der Waals surface area contributed by atoms with Crippen LogP contribution in [-0.2, 0) is 9.53 Å². The van der Waals surface area contributed by atoms with Crippen LogP contribution in [0.2, 0.25) is 0 Å². The van der Waals surface area contributed by atoms with Gasteiger partial charge in [-0.1, -0.05) is 31.2 Å². The number of hydrogen-bond acceptors (Lipinski definition) is 6. The van der Waals surface area contributed by atoms with Gasteiger partial charge in [0.15, 0.2) is 0 Å². The Hall–Kier alpha value is -2.87. The summed E-state index contributed by atoms with van der Waals surface area (Å²) in [6.07, 6.45) is 4.57. The van der Waals surface area contributed by atoms with Crippen LogP contribution in [0.4, 0.5) is 4.79 Å². The molecule has 176 valence electrons. The van der Waals surface area contributed by atoms with Crippen molar-refractivity contribution < 1.29 is 14.3 Å². The largest absolute Gasteiger partial charge is 0.444 e. The highest BCUT2D eigenvalue weighted by Gasteiger charge is 2.18. The summed E-state index contributed by atoms with van der Waals surface area (Å²) >= 11 is 1.57. The zero-order valence-corrected chi connectivity index (χ0v) is 20.7. The Labute approximate surface area is 199 Å². The van der Waals surface area contributed by atoms with Gasteiger partial charge in [-0.2, -0.15) is 0 Å². The van der Waals surface area contributed by atoms with E-state index in [1.807, 2.05) is 23.8 Å². The molecule has 2 amide bonds. The minimum atomic E-state index is -0.629. The summed E-state index contributed by atoms with van der Waals surface area (Å²) in [5, 5.41) is 7.23. The van der Waals surface area contributed by atoms with Crippen LogP contribution in [0.15, 0.2) is 45.7 Å². The number of allylic oxidation sites excluding steroid dienone is 2. The summed E-state index contributed by atoms with van der Waals surface area (Å²) in [4.78, 5) is 33.3. The van der Waals surface area contributed by atoms with Crippen LogP contribution in [0.1, 0.15) is 52.2 Å². The maximum absolute atomic E-state index is 12.3. The van der Waals surface area contributed by atoms with E-state index in [0.29, 0.717) is 23.5 Å². The van der Waals surface area contributed by atoms with Gasteiger partial charge >= 0.3 is 6.09 Å². The first-order valence-electron chi connectivity index (χ1n) is 11.1. The fraction of sp³-hybridized carbons (Fsp3) is 0.440.